The van der Waals surface area contributed by atoms with Crippen LogP contribution >= 0.6 is 0 Å². The van der Waals surface area contributed by atoms with E-state index in [2.05, 4.69) is 22.1 Å². The predicted octanol–water partition coefficient (Wildman–Crippen LogP) is 3.14. The van der Waals surface area contributed by atoms with Crippen molar-refractivity contribution in [2.45, 2.75) is 6.61 Å². The van der Waals surface area contributed by atoms with Gasteiger partial charge in [-0.25, -0.2) is 9.59 Å². The summed E-state index contributed by atoms with van der Waals surface area (Å²) in [6, 6.07) is 16.5. The number of benzene rings is 2. The number of hydrogen-bond donors (Lipinski definition) is 3. The van der Waals surface area contributed by atoms with E-state index in [0.717, 1.165) is 10.9 Å². The number of aromatic carboxylic acids is 1. The van der Waals surface area contributed by atoms with Gasteiger partial charge in [-0.15, -0.1) is 0 Å². The van der Waals surface area contributed by atoms with Crippen LogP contribution in [0.15, 0.2) is 54.6 Å². The van der Waals surface area contributed by atoms with Gasteiger partial charge in [0.15, 0.2) is 0 Å². The maximum Gasteiger partial charge on any atom is 0.408 e. The van der Waals surface area contributed by atoms with Crippen LogP contribution in [0.2, 0.25) is 0 Å². The van der Waals surface area contributed by atoms with Crippen molar-refractivity contribution in [3.8, 4) is 11.8 Å². The van der Waals surface area contributed by atoms with E-state index in [0.29, 0.717) is 11.1 Å². The highest BCUT2D eigenvalue weighted by Gasteiger charge is 2.14. The summed E-state index contributed by atoms with van der Waals surface area (Å²) in [6.45, 7) is 0.220. The monoisotopic (exact) mass is 348 g/mol. The van der Waals surface area contributed by atoms with Crippen LogP contribution in [-0.2, 0) is 11.3 Å². The molecule has 6 nitrogen and oxygen atoms in total. The second-order valence-corrected chi connectivity index (χ2v) is 5.44. The third-order valence-corrected chi connectivity index (χ3v) is 3.67. The molecular formula is C20H16N2O4. The zero-order valence-corrected chi connectivity index (χ0v) is 13.8. The number of hydrogen-bond acceptors (Lipinski definition) is 3. The number of ether oxygens (including phenoxy) is 1. The summed E-state index contributed by atoms with van der Waals surface area (Å²) < 4.78 is 5.08. The molecule has 1 heterocycles. The summed E-state index contributed by atoms with van der Waals surface area (Å²) in [5.41, 5.74) is 2.01. The van der Waals surface area contributed by atoms with Gasteiger partial charge in [0.1, 0.15) is 12.3 Å². The summed E-state index contributed by atoms with van der Waals surface area (Å²) in [4.78, 5) is 25.9. The fourth-order valence-electron chi connectivity index (χ4n) is 2.46. The summed E-state index contributed by atoms with van der Waals surface area (Å²) in [5.74, 6) is 4.49. The number of carboxylic acid groups (broad SMARTS) is 1. The van der Waals surface area contributed by atoms with E-state index >= 15 is 0 Å². The highest BCUT2D eigenvalue weighted by atomic mass is 16.5. The van der Waals surface area contributed by atoms with Crippen molar-refractivity contribution >= 4 is 23.0 Å². The number of carbonyl (C=O) groups is 2. The van der Waals surface area contributed by atoms with Crippen LogP contribution in [-0.4, -0.2) is 28.7 Å². The smallest absolute Gasteiger partial charge is 0.408 e. The lowest BCUT2D eigenvalue weighted by atomic mass is 10.1. The minimum absolute atomic E-state index is 0.0327. The molecule has 0 saturated carbocycles. The Morgan fingerprint density at radius 3 is 2.58 bits per heavy atom. The topological polar surface area (TPSA) is 91.4 Å². The van der Waals surface area contributed by atoms with E-state index in [9.17, 15) is 14.7 Å². The standard InChI is InChI=1S/C20H16N2O4/c23-19(24)18-16(15-9-4-5-11-17(15)22-18)10-6-12-21-20(25)26-13-14-7-2-1-3-8-14/h1-5,7-9,11,22H,12-13H2,(H,21,25)(H,23,24). The Bertz CT molecular complexity index is 997. The summed E-state index contributed by atoms with van der Waals surface area (Å²) in [6.07, 6.45) is -0.583. The molecule has 26 heavy (non-hydrogen) atoms. The van der Waals surface area contributed by atoms with Crippen LogP contribution in [0.3, 0.4) is 0 Å². The fraction of sp³-hybridized carbons (Fsp3) is 0.100. The van der Waals surface area contributed by atoms with Crippen molar-refractivity contribution in [1.82, 2.24) is 10.3 Å². The lowest BCUT2D eigenvalue weighted by Gasteiger charge is -2.04. The second kappa shape index (κ2) is 7.90. The number of fused-ring (bicyclic) bond motifs is 1. The maximum absolute atomic E-state index is 11.7. The van der Waals surface area contributed by atoms with Crippen molar-refractivity contribution in [2.75, 3.05) is 6.54 Å². The summed E-state index contributed by atoms with van der Waals surface area (Å²) >= 11 is 0. The van der Waals surface area contributed by atoms with Gasteiger partial charge in [0, 0.05) is 10.9 Å². The molecule has 130 valence electrons. The Hall–Kier alpha value is -3.72. The zero-order chi connectivity index (χ0) is 18.4. The van der Waals surface area contributed by atoms with Crippen LogP contribution in [0.5, 0.6) is 0 Å². The number of rotatable bonds is 4. The molecule has 0 unspecified atom stereocenters. The van der Waals surface area contributed by atoms with Crippen molar-refractivity contribution in [1.29, 1.82) is 0 Å². The van der Waals surface area contributed by atoms with E-state index in [4.69, 9.17) is 4.74 Å². The van der Waals surface area contributed by atoms with Crippen LogP contribution in [0.4, 0.5) is 4.79 Å². The highest BCUT2D eigenvalue weighted by Crippen LogP contribution is 2.21. The molecule has 1 amide bonds. The third-order valence-electron chi connectivity index (χ3n) is 3.67. The molecule has 0 aliphatic heterocycles. The first-order valence-electron chi connectivity index (χ1n) is 7.92. The van der Waals surface area contributed by atoms with Gasteiger partial charge in [-0.3, -0.25) is 0 Å². The van der Waals surface area contributed by atoms with Gasteiger partial charge in [-0.2, -0.15) is 0 Å². The first-order chi connectivity index (χ1) is 12.6. The van der Waals surface area contributed by atoms with E-state index in [-0.39, 0.29) is 18.8 Å². The third kappa shape index (κ3) is 4.02. The van der Waals surface area contributed by atoms with Crippen LogP contribution in [0, 0.1) is 11.8 Å². The molecule has 0 atom stereocenters. The Kier molecular flexibility index (Phi) is 5.20. The highest BCUT2D eigenvalue weighted by molar-refractivity contribution is 5.99. The lowest BCUT2D eigenvalue weighted by Crippen LogP contribution is -2.24. The molecule has 0 fully saturated rings. The molecule has 3 aromatic rings. The van der Waals surface area contributed by atoms with Gasteiger partial charge >= 0.3 is 12.1 Å². The van der Waals surface area contributed by atoms with Gasteiger partial charge < -0.3 is 20.1 Å². The Morgan fingerprint density at radius 1 is 1.08 bits per heavy atom. The maximum atomic E-state index is 11.7. The number of carbonyl (C=O) groups excluding carboxylic acids is 1. The molecule has 2 aromatic carbocycles. The fourth-order valence-corrected chi connectivity index (χ4v) is 2.46. The molecule has 3 rings (SSSR count). The first-order valence-corrected chi connectivity index (χ1v) is 7.92. The number of amides is 1. The molecule has 0 aliphatic rings. The molecule has 6 heteroatoms. The molecule has 1 aromatic heterocycles. The number of H-pyrrole nitrogens is 1. The largest absolute Gasteiger partial charge is 0.477 e. The number of alkyl carbamates (subject to hydrolysis) is 1. The molecule has 0 radical (unpaired) electrons. The molecule has 0 bridgehead atoms. The second-order valence-electron chi connectivity index (χ2n) is 5.44. The Labute approximate surface area is 149 Å². The number of aromatic amines is 1. The lowest BCUT2D eigenvalue weighted by molar-refractivity contribution is 0.0691. The van der Waals surface area contributed by atoms with Crippen molar-refractivity contribution in [3.63, 3.8) is 0 Å². The minimum atomic E-state index is -1.08. The van der Waals surface area contributed by atoms with Gasteiger partial charge in [-0.1, -0.05) is 60.4 Å². The average Bonchev–Trinajstić information content (AvgIpc) is 3.03. The summed E-state index contributed by atoms with van der Waals surface area (Å²) in [5, 5.41) is 12.5. The van der Waals surface area contributed by atoms with Crippen molar-refractivity contribution in [3.05, 3.63) is 71.4 Å². The van der Waals surface area contributed by atoms with Crippen LogP contribution < -0.4 is 5.32 Å². The molecule has 3 N–H and O–H groups in total. The van der Waals surface area contributed by atoms with Crippen LogP contribution in [0.25, 0.3) is 10.9 Å². The van der Waals surface area contributed by atoms with E-state index < -0.39 is 12.1 Å². The van der Waals surface area contributed by atoms with E-state index in [1.54, 1.807) is 12.1 Å². The Balaban J connectivity index is 1.61. The minimum Gasteiger partial charge on any atom is -0.477 e. The molecule has 0 aliphatic carbocycles. The number of nitrogens with one attached hydrogen (secondary N) is 2. The van der Waals surface area contributed by atoms with Crippen molar-refractivity contribution in [2.24, 2.45) is 0 Å². The first kappa shape index (κ1) is 17.1. The van der Waals surface area contributed by atoms with Gasteiger partial charge in [0.05, 0.1) is 12.1 Å². The Morgan fingerprint density at radius 2 is 1.81 bits per heavy atom. The quantitative estimate of drug-likeness (QED) is 0.632. The molecule has 0 saturated heterocycles. The molecular weight excluding hydrogens is 332 g/mol. The zero-order valence-electron chi connectivity index (χ0n) is 13.8. The predicted molar refractivity (Wildman–Crippen MR) is 96.8 cm³/mol. The van der Waals surface area contributed by atoms with Crippen molar-refractivity contribution < 1.29 is 19.4 Å². The SMILES string of the molecule is O=C(NCC#Cc1c(C(=O)O)[nH]c2ccccc12)OCc1ccccc1. The van der Waals surface area contributed by atoms with Gasteiger partial charge in [0.25, 0.3) is 0 Å². The van der Waals surface area contributed by atoms with Crippen LogP contribution in [0.1, 0.15) is 21.6 Å². The van der Waals surface area contributed by atoms with Gasteiger partial charge in [-0.05, 0) is 11.6 Å². The number of carboxylic acids is 1. The van der Waals surface area contributed by atoms with Gasteiger partial charge in [0.2, 0.25) is 0 Å². The average molecular weight is 348 g/mol. The van der Waals surface area contributed by atoms with E-state index in [1.807, 2.05) is 42.5 Å². The summed E-state index contributed by atoms with van der Waals surface area (Å²) in [7, 11) is 0. The molecule has 0 spiro atoms. The van der Waals surface area contributed by atoms with E-state index in [1.165, 1.54) is 0 Å². The number of para-hydroxylation sites is 1. The number of aromatic nitrogens is 1. The normalized spacial score (nSPS) is 10.0.